The van der Waals surface area contributed by atoms with Gasteiger partial charge in [0, 0.05) is 56.3 Å². The van der Waals surface area contributed by atoms with Crippen LogP contribution in [-0.4, -0.2) is 131 Å². The summed E-state index contributed by atoms with van der Waals surface area (Å²) in [7, 11) is 2.40. The molecule has 0 aromatic heterocycles. The maximum Gasteiger partial charge on any atom is 0.331 e. The third kappa shape index (κ3) is 13.4. The predicted octanol–water partition coefficient (Wildman–Crippen LogP) is 4.28. The molecular weight excluding hydrogens is 836 g/mol. The number of hydrogen-bond acceptors (Lipinski definition) is 17. The molecule has 358 valence electrons. The number of allylic oxidation sites excluding steroid dienone is 3. The number of carbonyl (C=O) groups is 5. The lowest BCUT2D eigenvalue weighted by Crippen LogP contribution is -2.62. The summed E-state index contributed by atoms with van der Waals surface area (Å²) < 4.78 is 46.7. The number of aliphatic hydroxyl groups is 4. The van der Waals surface area contributed by atoms with Crippen molar-refractivity contribution in [1.82, 2.24) is 0 Å². The van der Waals surface area contributed by atoms with Gasteiger partial charge in [-0.25, -0.2) is 14.4 Å². The van der Waals surface area contributed by atoms with E-state index in [1.807, 2.05) is 13.0 Å². The van der Waals surface area contributed by atoms with Gasteiger partial charge in [-0.15, -0.1) is 0 Å². The van der Waals surface area contributed by atoms with Crippen LogP contribution in [0, 0.1) is 10.8 Å². The fraction of sp³-hybridized carbons (Fsp3) is 0.681. The number of cyclic esters (lactones) is 1. The number of unbranched alkanes of at least 4 members (excludes halogenated alkanes) is 1. The number of aliphatic hydroxyl groups excluding tert-OH is 2. The molecule has 4 rings (SSSR count). The Balaban J connectivity index is 1.89. The van der Waals surface area contributed by atoms with Crippen LogP contribution in [0.1, 0.15) is 113 Å². The van der Waals surface area contributed by atoms with Crippen LogP contribution in [0.25, 0.3) is 0 Å². The van der Waals surface area contributed by atoms with Gasteiger partial charge in [0.15, 0.2) is 11.9 Å². The Labute approximate surface area is 375 Å². The lowest BCUT2D eigenvalue weighted by atomic mass is 9.70. The first-order chi connectivity index (χ1) is 29.9. The Hall–Kier alpha value is -4.23. The van der Waals surface area contributed by atoms with Crippen LogP contribution in [0.5, 0.6) is 0 Å². The Morgan fingerprint density at radius 1 is 0.875 bits per heavy atom. The summed E-state index contributed by atoms with van der Waals surface area (Å²) in [5.74, 6) is -8.31. The lowest BCUT2D eigenvalue weighted by Gasteiger charge is -2.53. The van der Waals surface area contributed by atoms with E-state index < -0.39 is 114 Å². The number of fused-ring (bicyclic) bond motifs is 6. The molecular formula is C47H68O17. The molecule has 0 unspecified atom stereocenters. The van der Waals surface area contributed by atoms with E-state index in [2.05, 4.69) is 0 Å². The zero-order chi connectivity index (χ0) is 47.6. The highest BCUT2D eigenvalue weighted by molar-refractivity contribution is 5.85. The third-order valence-electron chi connectivity index (χ3n) is 12.4. The van der Waals surface area contributed by atoms with Gasteiger partial charge in [0.1, 0.15) is 12.2 Å². The van der Waals surface area contributed by atoms with Crippen LogP contribution in [0.2, 0.25) is 0 Å². The smallest absolute Gasteiger partial charge is 0.331 e. The fourth-order valence-electron chi connectivity index (χ4n) is 8.57. The van der Waals surface area contributed by atoms with Crippen molar-refractivity contribution in [1.29, 1.82) is 0 Å². The topological polar surface area (TPSA) is 240 Å². The van der Waals surface area contributed by atoms with E-state index in [0.29, 0.717) is 5.57 Å². The highest BCUT2D eigenvalue weighted by Gasteiger charge is 2.59. The van der Waals surface area contributed by atoms with Crippen molar-refractivity contribution in [3.8, 4) is 0 Å². The minimum absolute atomic E-state index is 0.0721. The van der Waals surface area contributed by atoms with Gasteiger partial charge >= 0.3 is 29.8 Å². The van der Waals surface area contributed by atoms with Gasteiger partial charge in [-0.05, 0) is 38.2 Å². The van der Waals surface area contributed by atoms with Crippen molar-refractivity contribution >= 4 is 29.8 Å². The first kappa shape index (κ1) is 52.4. The largest absolute Gasteiger partial charge is 0.466 e. The molecule has 0 spiro atoms. The molecule has 4 aliphatic rings. The molecule has 0 aliphatic carbocycles. The second-order valence-electron chi connectivity index (χ2n) is 18.3. The molecule has 6 bridgehead atoms. The van der Waals surface area contributed by atoms with E-state index in [9.17, 15) is 44.4 Å². The summed E-state index contributed by atoms with van der Waals surface area (Å²) in [5.41, 5.74) is -2.06. The summed E-state index contributed by atoms with van der Waals surface area (Å²) >= 11 is 0. The molecule has 0 aromatic rings. The SMILES string of the molecule is CCCC=CC=CC(=O)O[C@H]1C(=CC(=O)OC)C[C@H]2C[C@H]([C@@H](C)O)OC(=O)C[C@H](O)C[C@H]3C[C@H](OC(C)=O)C(C)(C)[C@](O)(C[C@@H]4CC(=CC(=O)OC)C[C@H](C=CC(C)(C)[C@]1(O)O2)O4)O3. The van der Waals surface area contributed by atoms with Gasteiger partial charge in [0.2, 0.25) is 5.79 Å². The Morgan fingerprint density at radius 3 is 2.20 bits per heavy atom. The highest BCUT2D eigenvalue weighted by atomic mass is 16.7. The number of rotatable bonds is 9. The van der Waals surface area contributed by atoms with Crippen LogP contribution in [0.4, 0.5) is 0 Å². The standard InChI is InChI=1S/C47H68O17/c1-10-11-12-13-14-15-39(51)62-43-31(22-41(53)58-9)21-34-25-37(28(2)48)61-42(54)24-32(50)23-35-26-38(59-29(3)49)45(6,7)46(55,63-35)27-36-19-30(20-40(52)57-8)18-33(60-36)16-17-44(4,5)47(43,56)64-34/h12-17,20,22,28,32-38,43,48,50,55-56H,10-11,18-19,21,23-27H2,1-9H3/t28-,32-,33+,34+,35+,36+,37-,38+,43+,46+,47-/m1/s1. The minimum atomic E-state index is -2.47. The van der Waals surface area contributed by atoms with Crippen LogP contribution >= 0.6 is 0 Å². The summed E-state index contributed by atoms with van der Waals surface area (Å²) in [4.78, 5) is 64.7. The highest BCUT2D eigenvalue weighted by Crippen LogP contribution is 2.50. The molecule has 0 radical (unpaired) electrons. The summed E-state index contributed by atoms with van der Waals surface area (Å²) in [6, 6.07) is 0. The summed E-state index contributed by atoms with van der Waals surface area (Å²) in [6.45, 7) is 11.2. The maximum atomic E-state index is 13.4. The lowest BCUT2D eigenvalue weighted by molar-refractivity contribution is -0.348. The van der Waals surface area contributed by atoms with Crippen LogP contribution < -0.4 is 0 Å². The number of hydrogen-bond donors (Lipinski definition) is 4. The van der Waals surface area contributed by atoms with Crippen molar-refractivity contribution in [2.75, 3.05) is 14.2 Å². The van der Waals surface area contributed by atoms with Crippen LogP contribution in [0.15, 0.2) is 59.8 Å². The van der Waals surface area contributed by atoms with Crippen molar-refractivity contribution in [3.63, 3.8) is 0 Å². The zero-order valence-corrected chi connectivity index (χ0v) is 38.5. The predicted molar refractivity (Wildman–Crippen MR) is 228 cm³/mol. The van der Waals surface area contributed by atoms with Gasteiger partial charge in [0.25, 0.3) is 0 Å². The minimum Gasteiger partial charge on any atom is -0.466 e. The zero-order valence-electron chi connectivity index (χ0n) is 38.5. The maximum absolute atomic E-state index is 13.4. The second kappa shape index (κ2) is 22.3. The Morgan fingerprint density at radius 2 is 1.56 bits per heavy atom. The monoisotopic (exact) mass is 904 g/mol. The fourth-order valence-corrected chi connectivity index (χ4v) is 8.57. The molecule has 17 heteroatoms. The molecule has 17 nitrogen and oxygen atoms in total. The number of ether oxygens (including phenoxy) is 8. The van der Waals surface area contributed by atoms with Crippen molar-refractivity contribution in [2.45, 2.75) is 179 Å². The van der Waals surface area contributed by atoms with Crippen molar-refractivity contribution in [2.24, 2.45) is 10.8 Å². The van der Waals surface area contributed by atoms with E-state index in [4.69, 9.17) is 37.9 Å². The Bertz CT molecular complexity index is 1830. The molecule has 0 saturated carbocycles. The summed E-state index contributed by atoms with van der Waals surface area (Å²) in [6.07, 6.45) is 2.55. The van der Waals surface area contributed by atoms with Gasteiger partial charge < -0.3 is 58.3 Å². The van der Waals surface area contributed by atoms with Crippen LogP contribution in [-0.2, 0) is 61.9 Å². The third-order valence-corrected chi connectivity index (χ3v) is 12.4. The molecule has 11 atom stereocenters. The first-order valence-corrected chi connectivity index (χ1v) is 21.9. The first-order valence-electron chi connectivity index (χ1n) is 21.9. The summed E-state index contributed by atoms with van der Waals surface area (Å²) in [5, 5.41) is 47.5. The Kier molecular flexibility index (Phi) is 18.3. The number of carbonyl (C=O) groups excluding carboxylic acids is 5. The molecule has 0 aromatic carbocycles. The molecule has 4 N–H and O–H groups in total. The quantitative estimate of drug-likeness (QED) is 0.0830. The number of methoxy groups -OCH3 is 2. The van der Waals surface area contributed by atoms with E-state index in [1.54, 1.807) is 45.9 Å². The average molecular weight is 905 g/mol. The van der Waals surface area contributed by atoms with E-state index in [0.717, 1.165) is 32.1 Å². The van der Waals surface area contributed by atoms with Crippen LogP contribution in [0.3, 0.4) is 0 Å². The van der Waals surface area contributed by atoms with Gasteiger partial charge in [-0.2, -0.15) is 0 Å². The molecule has 64 heavy (non-hydrogen) atoms. The average Bonchev–Trinajstić information content (AvgIpc) is 3.19. The van der Waals surface area contributed by atoms with E-state index >= 15 is 0 Å². The van der Waals surface area contributed by atoms with Gasteiger partial charge in [-0.3, -0.25) is 9.59 Å². The molecule has 3 saturated heterocycles. The van der Waals surface area contributed by atoms with Gasteiger partial charge in [0.05, 0.1) is 62.7 Å². The van der Waals surface area contributed by atoms with Crippen molar-refractivity contribution < 1.29 is 82.3 Å². The molecule has 4 heterocycles. The molecule has 3 fully saturated rings. The van der Waals surface area contributed by atoms with E-state index in [-0.39, 0.29) is 50.5 Å². The van der Waals surface area contributed by atoms with Gasteiger partial charge in [-0.1, -0.05) is 77.0 Å². The number of esters is 5. The van der Waals surface area contributed by atoms with E-state index in [1.165, 1.54) is 33.1 Å². The molecule has 0 amide bonds. The van der Waals surface area contributed by atoms with Crippen molar-refractivity contribution in [3.05, 3.63) is 59.8 Å². The second-order valence-corrected chi connectivity index (χ2v) is 18.3. The normalized spacial score (nSPS) is 35.3. The molecule has 4 aliphatic heterocycles.